The molecule has 3 rings (SSSR count). The van der Waals surface area contributed by atoms with Gasteiger partial charge in [0.05, 0.1) is 6.07 Å². The van der Waals surface area contributed by atoms with Gasteiger partial charge in [-0.15, -0.1) is 0 Å². The van der Waals surface area contributed by atoms with Gasteiger partial charge >= 0.3 is 0 Å². The molecule has 0 aromatic heterocycles. The molecule has 0 radical (unpaired) electrons. The number of benzene rings is 1. The fraction of sp³-hybridized carbons (Fsp3) is 0.556. The zero-order valence-electron chi connectivity index (χ0n) is 13.0. The van der Waals surface area contributed by atoms with E-state index in [2.05, 4.69) is 40.6 Å². The third kappa shape index (κ3) is 2.94. The summed E-state index contributed by atoms with van der Waals surface area (Å²) in [6.07, 6.45) is 5.89. The van der Waals surface area contributed by atoms with E-state index in [1.54, 1.807) is 0 Å². The molecule has 0 spiro atoms. The molecule has 1 aromatic rings. The highest BCUT2D eigenvalue weighted by atomic mass is 16.2. The summed E-state index contributed by atoms with van der Waals surface area (Å²) >= 11 is 0. The third-order valence-corrected chi connectivity index (χ3v) is 4.97. The van der Waals surface area contributed by atoms with E-state index in [4.69, 9.17) is 0 Å². The molecule has 1 aromatic carbocycles. The van der Waals surface area contributed by atoms with Gasteiger partial charge in [-0.25, -0.2) is 0 Å². The average molecular weight is 297 g/mol. The number of nitrogens with one attached hydrogen (secondary N) is 1. The number of nitrogens with zero attached hydrogens (tertiary/aromatic N) is 2. The second-order valence-corrected chi connectivity index (χ2v) is 6.44. The average Bonchev–Trinajstić information content (AvgIpc) is 3.25. The Balaban J connectivity index is 1.57. The van der Waals surface area contributed by atoms with Crippen molar-refractivity contribution in [2.45, 2.75) is 45.1 Å². The van der Waals surface area contributed by atoms with Gasteiger partial charge in [0.2, 0.25) is 5.91 Å². The fourth-order valence-corrected chi connectivity index (χ4v) is 3.52. The van der Waals surface area contributed by atoms with Crippen LogP contribution in [-0.2, 0) is 11.3 Å². The third-order valence-electron chi connectivity index (χ3n) is 4.97. The van der Waals surface area contributed by atoms with Crippen molar-refractivity contribution >= 4 is 11.6 Å². The SMILES string of the molecule is N#CC1(C(=O)NCc2ccc(N3CCCC3)cc2)CCCC1. The highest BCUT2D eigenvalue weighted by molar-refractivity contribution is 5.85. The van der Waals surface area contributed by atoms with Crippen LogP contribution >= 0.6 is 0 Å². The lowest BCUT2D eigenvalue weighted by molar-refractivity contribution is -0.128. The van der Waals surface area contributed by atoms with Crippen LogP contribution in [-0.4, -0.2) is 19.0 Å². The van der Waals surface area contributed by atoms with Crippen molar-refractivity contribution in [2.75, 3.05) is 18.0 Å². The predicted octanol–water partition coefficient (Wildman–Crippen LogP) is 2.99. The summed E-state index contributed by atoms with van der Waals surface area (Å²) in [5.74, 6) is -0.101. The summed E-state index contributed by atoms with van der Waals surface area (Å²) in [6.45, 7) is 2.78. The van der Waals surface area contributed by atoms with Crippen molar-refractivity contribution in [3.63, 3.8) is 0 Å². The Morgan fingerprint density at radius 2 is 1.77 bits per heavy atom. The summed E-state index contributed by atoms with van der Waals surface area (Å²) in [4.78, 5) is 14.7. The van der Waals surface area contributed by atoms with Gasteiger partial charge in [-0.05, 0) is 43.4 Å². The van der Waals surface area contributed by atoms with Crippen LogP contribution in [0.3, 0.4) is 0 Å². The smallest absolute Gasteiger partial charge is 0.240 e. The van der Waals surface area contributed by atoms with Crippen LogP contribution in [0.5, 0.6) is 0 Å². The van der Waals surface area contributed by atoms with Gasteiger partial charge in [0, 0.05) is 25.3 Å². The van der Waals surface area contributed by atoms with Gasteiger partial charge in [-0.2, -0.15) is 5.26 Å². The van der Waals surface area contributed by atoms with Crippen molar-refractivity contribution in [3.8, 4) is 6.07 Å². The Kier molecular flexibility index (Phi) is 4.33. The van der Waals surface area contributed by atoms with E-state index in [1.807, 2.05) is 0 Å². The minimum atomic E-state index is -0.782. The van der Waals surface area contributed by atoms with E-state index in [9.17, 15) is 10.1 Å². The van der Waals surface area contributed by atoms with Gasteiger partial charge in [0.1, 0.15) is 5.41 Å². The Morgan fingerprint density at radius 3 is 2.36 bits per heavy atom. The van der Waals surface area contributed by atoms with Gasteiger partial charge < -0.3 is 10.2 Å². The van der Waals surface area contributed by atoms with Gasteiger partial charge in [0.25, 0.3) is 0 Å². The number of nitriles is 1. The van der Waals surface area contributed by atoms with Crippen LogP contribution in [0.4, 0.5) is 5.69 Å². The number of rotatable bonds is 4. The summed E-state index contributed by atoms with van der Waals surface area (Å²) in [6, 6.07) is 10.6. The molecule has 0 unspecified atom stereocenters. The highest BCUT2D eigenvalue weighted by Crippen LogP contribution is 2.37. The van der Waals surface area contributed by atoms with Crippen LogP contribution in [0, 0.1) is 16.7 Å². The molecule has 1 aliphatic heterocycles. The normalized spacial score (nSPS) is 19.9. The van der Waals surface area contributed by atoms with Gasteiger partial charge in [0.15, 0.2) is 0 Å². The minimum Gasteiger partial charge on any atom is -0.372 e. The Bertz CT molecular complexity index is 561. The molecule has 2 aliphatic rings. The molecule has 116 valence electrons. The number of amides is 1. The van der Waals surface area contributed by atoms with Crippen LogP contribution in [0.15, 0.2) is 24.3 Å². The first-order chi connectivity index (χ1) is 10.7. The largest absolute Gasteiger partial charge is 0.372 e. The Morgan fingerprint density at radius 1 is 1.14 bits per heavy atom. The second kappa shape index (κ2) is 6.39. The first-order valence-corrected chi connectivity index (χ1v) is 8.27. The molecule has 0 bridgehead atoms. The van der Waals surface area contributed by atoms with E-state index < -0.39 is 5.41 Å². The lowest BCUT2D eigenvalue weighted by atomic mass is 9.87. The zero-order chi connectivity index (χ0) is 15.4. The zero-order valence-corrected chi connectivity index (χ0v) is 13.0. The topological polar surface area (TPSA) is 56.1 Å². The molecule has 2 fully saturated rings. The maximum absolute atomic E-state index is 12.3. The summed E-state index contributed by atoms with van der Waals surface area (Å²) < 4.78 is 0. The molecule has 1 saturated carbocycles. The molecule has 1 N–H and O–H groups in total. The number of carbonyl (C=O) groups excluding carboxylic acids is 1. The van der Waals surface area contributed by atoms with Crippen LogP contribution in [0.25, 0.3) is 0 Å². The number of hydrogen-bond acceptors (Lipinski definition) is 3. The maximum atomic E-state index is 12.3. The van der Waals surface area contributed by atoms with Crippen molar-refractivity contribution < 1.29 is 4.79 Å². The van der Waals surface area contributed by atoms with E-state index in [0.29, 0.717) is 19.4 Å². The first-order valence-electron chi connectivity index (χ1n) is 8.27. The summed E-state index contributed by atoms with van der Waals surface area (Å²) in [5.41, 5.74) is 1.56. The molecule has 1 heterocycles. The van der Waals surface area contributed by atoms with Crippen molar-refractivity contribution in [1.82, 2.24) is 5.32 Å². The standard InChI is InChI=1S/C18H23N3O/c19-14-18(9-1-2-10-18)17(22)20-13-15-5-7-16(8-6-15)21-11-3-4-12-21/h5-8H,1-4,9-13H2,(H,20,22). The minimum absolute atomic E-state index is 0.101. The molecule has 4 nitrogen and oxygen atoms in total. The van der Waals surface area contributed by atoms with Crippen LogP contribution in [0.1, 0.15) is 44.1 Å². The maximum Gasteiger partial charge on any atom is 0.240 e. The molecule has 1 aliphatic carbocycles. The van der Waals surface area contributed by atoms with Crippen molar-refractivity contribution in [1.29, 1.82) is 5.26 Å². The lowest BCUT2D eigenvalue weighted by Gasteiger charge is -2.20. The quantitative estimate of drug-likeness (QED) is 0.929. The van der Waals surface area contributed by atoms with Crippen molar-refractivity contribution in [3.05, 3.63) is 29.8 Å². The second-order valence-electron chi connectivity index (χ2n) is 6.44. The lowest BCUT2D eigenvalue weighted by Crippen LogP contribution is -2.37. The molecular weight excluding hydrogens is 274 g/mol. The molecule has 22 heavy (non-hydrogen) atoms. The molecule has 0 atom stereocenters. The van der Waals surface area contributed by atoms with Crippen LogP contribution < -0.4 is 10.2 Å². The predicted molar refractivity (Wildman–Crippen MR) is 86.2 cm³/mol. The number of carbonyl (C=O) groups is 1. The van der Waals surface area contributed by atoms with E-state index in [-0.39, 0.29) is 5.91 Å². The monoisotopic (exact) mass is 297 g/mol. The van der Waals surface area contributed by atoms with E-state index in [0.717, 1.165) is 31.5 Å². The van der Waals surface area contributed by atoms with Gasteiger partial charge in [-0.1, -0.05) is 25.0 Å². The highest BCUT2D eigenvalue weighted by Gasteiger charge is 2.41. The summed E-state index contributed by atoms with van der Waals surface area (Å²) in [5, 5.41) is 12.3. The summed E-state index contributed by atoms with van der Waals surface area (Å²) in [7, 11) is 0. The van der Waals surface area contributed by atoms with Crippen molar-refractivity contribution in [2.24, 2.45) is 5.41 Å². The molecule has 1 saturated heterocycles. The Labute approximate surface area is 132 Å². The molecule has 1 amide bonds. The van der Waals surface area contributed by atoms with Crippen LogP contribution in [0.2, 0.25) is 0 Å². The number of anilines is 1. The van der Waals surface area contributed by atoms with E-state index >= 15 is 0 Å². The molecule has 4 heteroatoms. The first kappa shape index (κ1) is 14.9. The Hall–Kier alpha value is -2.02. The fourth-order valence-electron chi connectivity index (χ4n) is 3.52. The van der Waals surface area contributed by atoms with E-state index in [1.165, 1.54) is 18.5 Å². The molecular formula is C18H23N3O. The number of hydrogen-bond donors (Lipinski definition) is 1. The van der Waals surface area contributed by atoms with Gasteiger partial charge in [-0.3, -0.25) is 4.79 Å².